The molecule has 0 bridgehead atoms. The second kappa shape index (κ2) is 8.58. The van der Waals surface area contributed by atoms with E-state index in [0.29, 0.717) is 18.0 Å². The average Bonchev–Trinajstić information content (AvgIpc) is 2.55. The van der Waals surface area contributed by atoms with Gasteiger partial charge < -0.3 is 14.8 Å². The summed E-state index contributed by atoms with van der Waals surface area (Å²) < 4.78 is 12.1. The van der Waals surface area contributed by atoms with Gasteiger partial charge in [-0.1, -0.05) is 35.0 Å². The molecule has 0 saturated heterocycles. The fraction of sp³-hybridized carbons (Fsp3) is 0.278. The Morgan fingerprint density at radius 1 is 1.09 bits per heavy atom. The normalized spacial score (nSPS) is 10.2. The van der Waals surface area contributed by atoms with Crippen molar-refractivity contribution in [3.8, 4) is 11.5 Å². The molecule has 23 heavy (non-hydrogen) atoms. The molecule has 0 aromatic heterocycles. The predicted octanol–water partition coefficient (Wildman–Crippen LogP) is 4.43. The molecule has 4 nitrogen and oxygen atoms in total. The Morgan fingerprint density at radius 2 is 1.87 bits per heavy atom. The topological polar surface area (TPSA) is 47.6 Å². The number of para-hydroxylation sites is 2. The van der Waals surface area contributed by atoms with Crippen LogP contribution < -0.4 is 14.8 Å². The second-order valence-corrected chi connectivity index (χ2v) is 5.79. The minimum absolute atomic E-state index is 0.0465. The van der Waals surface area contributed by atoms with Gasteiger partial charge in [-0.2, -0.15) is 0 Å². The van der Waals surface area contributed by atoms with E-state index >= 15 is 0 Å². The standard InChI is InChI=1S/C18H20BrNO3/c1-3-13-11-14(19)9-10-16(13)23-12-18(21)20-15-7-5-6-8-17(15)22-4-2/h5-11H,3-4,12H2,1-2H3,(H,20,21). The fourth-order valence-electron chi connectivity index (χ4n) is 2.15. The van der Waals surface area contributed by atoms with Gasteiger partial charge in [0.15, 0.2) is 6.61 Å². The molecular formula is C18H20BrNO3. The predicted molar refractivity (Wildman–Crippen MR) is 95.3 cm³/mol. The summed E-state index contributed by atoms with van der Waals surface area (Å²) in [6, 6.07) is 13.1. The zero-order valence-corrected chi connectivity index (χ0v) is 14.9. The van der Waals surface area contributed by atoms with Crippen LogP contribution in [0.1, 0.15) is 19.4 Å². The van der Waals surface area contributed by atoms with Crippen LogP contribution in [0.2, 0.25) is 0 Å². The molecule has 0 aliphatic heterocycles. The van der Waals surface area contributed by atoms with Crippen molar-refractivity contribution in [2.45, 2.75) is 20.3 Å². The highest BCUT2D eigenvalue weighted by atomic mass is 79.9. The Kier molecular flexibility index (Phi) is 6.47. The number of ether oxygens (including phenoxy) is 2. The van der Waals surface area contributed by atoms with Crippen molar-refractivity contribution in [2.75, 3.05) is 18.5 Å². The zero-order chi connectivity index (χ0) is 16.7. The maximum atomic E-state index is 12.1. The van der Waals surface area contributed by atoms with Crippen LogP contribution in [0, 0.1) is 0 Å². The number of benzene rings is 2. The van der Waals surface area contributed by atoms with Crippen LogP contribution >= 0.6 is 15.9 Å². The van der Waals surface area contributed by atoms with Crippen molar-refractivity contribution in [1.82, 2.24) is 0 Å². The number of amides is 1. The molecule has 5 heteroatoms. The third-order valence-corrected chi connectivity index (χ3v) is 3.72. The van der Waals surface area contributed by atoms with Gasteiger partial charge in [0.2, 0.25) is 0 Å². The van der Waals surface area contributed by atoms with Crippen LogP contribution in [0.15, 0.2) is 46.9 Å². The van der Waals surface area contributed by atoms with Crippen LogP contribution in [-0.2, 0) is 11.2 Å². The lowest BCUT2D eigenvalue weighted by molar-refractivity contribution is -0.118. The van der Waals surface area contributed by atoms with E-state index in [9.17, 15) is 4.79 Å². The molecule has 0 aliphatic rings. The van der Waals surface area contributed by atoms with Crippen LogP contribution in [0.5, 0.6) is 11.5 Å². The quantitative estimate of drug-likeness (QED) is 0.776. The number of halogens is 1. The minimum Gasteiger partial charge on any atom is -0.492 e. The van der Waals surface area contributed by atoms with Gasteiger partial charge >= 0.3 is 0 Å². The molecule has 2 aromatic carbocycles. The summed E-state index contributed by atoms with van der Waals surface area (Å²) in [7, 11) is 0. The first-order chi connectivity index (χ1) is 11.1. The monoisotopic (exact) mass is 377 g/mol. The second-order valence-electron chi connectivity index (χ2n) is 4.87. The Labute approximate surface area is 144 Å². The number of carbonyl (C=O) groups excluding carboxylic acids is 1. The maximum absolute atomic E-state index is 12.1. The van der Waals surface area contributed by atoms with Crippen LogP contribution in [0.4, 0.5) is 5.69 Å². The molecule has 0 aliphatic carbocycles. The molecule has 0 fully saturated rings. The summed E-state index contributed by atoms with van der Waals surface area (Å²) in [6.45, 7) is 4.45. The van der Waals surface area contributed by atoms with E-state index in [0.717, 1.165) is 22.2 Å². The summed E-state index contributed by atoms with van der Waals surface area (Å²) >= 11 is 3.44. The Morgan fingerprint density at radius 3 is 2.61 bits per heavy atom. The highest BCUT2D eigenvalue weighted by Gasteiger charge is 2.09. The fourth-order valence-corrected chi connectivity index (χ4v) is 2.55. The number of rotatable bonds is 7. The molecule has 2 rings (SSSR count). The van der Waals surface area contributed by atoms with E-state index in [2.05, 4.69) is 21.2 Å². The summed E-state index contributed by atoms with van der Waals surface area (Å²) in [5.74, 6) is 1.16. The third-order valence-electron chi connectivity index (χ3n) is 3.22. The molecular weight excluding hydrogens is 358 g/mol. The minimum atomic E-state index is -0.220. The molecule has 0 radical (unpaired) electrons. The number of hydrogen-bond donors (Lipinski definition) is 1. The Hall–Kier alpha value is -2.01. The summed E-state index contributed by atoms with van der Waals surface area (Å²) in [5.41, 5.74) is 1.70. The highest BCUT2D eigenvalue weighted by Crippen LogP contribution is 2.25. The van der Waals surface area contributed by atoms with Gasteiger partial charge in [-0.05, 0) is 49.2 Å². The van der Waals surface area contributed by atoms with E-state index in [1.807, 2.05) is 50.2 Å². The molecule has 0 unspecified atom stereocenters. The van der Waals surface area contributed by atoms with Crippen molar-refractivity contribution in [2.24, 2.45) is 0 Å². The van der Waals surface area contributed by atoms with Crippen molar-refractivity contribution < 1.29 is 14.3 Å². The summed E-state index contributed by atoms with van der Waals surface area (Å²) in [5, 5.41) is 2.82. The Bertz CT molecular complexity index is 673. The molecule has 1 N–H and O–H groups in total. The van der Waals surface area contributed by atoms with Gasteiger partial charge in [-0.3, -0.25) is 4.79 Å². The zero-order valence-electron chi connectivity index (χ0n) is 13.3. The molecule has 0 saturated carbocycles. The SMILES string of the molecule is CCOc1ccccc1NC(=O)COc1ccc(Br)cc1CC. The van der Waals surface area contributed by atoms with E-state index in [-0.39, 0.29) is 12.5 Å². The largest absolute Gasteiger partial charge is 0.492 e. The molecule has 0 atom stereocenters. The lowest BCUT2D eigenvalue weighted by atomic mass is 10.1. The average molecular weight is 378 g/mol. The van der Waals surface area contributed by atoms with Crippen molar-refractivity contribution >= 4 is 27.5 Å². The number of hydrogen-bond acceptors (Lipinski definition) is 3. The van der Waals surface area contributed by atoms with Crippen LogP contribution in [-0.4, -0.2) is 19.1 Å². The molecule has 2 aromatic rings. The van der Waals surface area contributed by atoms with Gasteiger partial charge in [0.1, 0.15) is 11.5 Å². The first-order valence-corrected chi connectivity index (χ1v) is 8.36. The van der Waals surface area contributed by atoms with Crippen LogP contribution in [0.3, 0.4) is 0 Å². The maximum Gasteiger partial charge on any atom is 0.262 e. The van der Waals surface area contributed by atoms with Crippen molar-refractivity contribution in [3.05, 3.63) is 52.5 Å². The van der Waals surface area contributed by atoms with Crippen molar-refractivity contribution in [1.29, 1.82) is 0 Å². The first kappa shape index (κ1) is 17.3. The molecule has 0 spiro atoms. The number of nitrogens with one attached hydrogen (secondary N) is 1. The van der Waals surface area contributed by atoms with Crippen LogP contribution in [0.25, 0.3) is 0 Å². The molecule has 0 heterocycles. The smallest absolute Gasteiger partial charge is 0.262 e. The first-order valence-electron chi connectivity index (χ1n) is 7.57. The lowest BCUT2D eigenvalue weighted by Gasteiger charge is -2.13. The number of anilines is 1. The van der Waals surface area contributed by atoms with Gasteiger partial charge in [-0.25, -0.2) is 0 Å². The van der Waals surface area contributed by atoms with Gasteiger partial charge in [0, 0.05) is 4.47 Å². The highest BCUT2D eigenvalue weighted by molar-refractivity contribution is 9.10. The molecule has 1 amide bonds. The summed E-state index contributed by atoms with van der Waals surface area (Å²) in [6.07, 6.45) is 0.837. The Balaban J connectivity index is 1.98. The van der Waals surface area contributed by atoms with E-state index < -0.39 is 0 Å². The van der Waals surface area contributed by atoms with E-state index in [1.165, 1.54) is 0 Å². The van der Waals surface area contributed by atoms with E-state index in [4.69, 9.17) is 9.47 Å². The number of carbonyl (C=O) groups is 1. The van der Waals surface area contributed by atoms with Gasteiger partial charge in [-0.15, -0.1) is 0 Å². The third kappa shape index (κ3) is 4.99. The van der Waals surface area contributed by atoms with Crippen molar-refractivity contribution in [3.63, 3.8) is 0 Å². The summed E-state index contributed by atoms with van der Waals surface area (Å²) in [4.78, 5) is 12.1. The molecule has 122 valence electrons. The van der Waals surface area contributed by atoms with E-state index in [1.54, 1.807) is 6.07 Å². The van der Waals surface area contributed by atoms with Gasteiger partial charge in [0.05, 0.1) is 12.3 Å². The van der Waals surface area contributed by atoms with Gasteiger partial charge in [0.25, 0.3) is 5.91 Å². The number of aryl methyl sites for hydroxylation is 1. The lowest BCUT2D eigenvalue weighted by Crippen LogP contribution is -2.21.